The predicted molar refractivity (Wildman–Crippen MR) is 94.1 cm³/mol. The second-order valence-corrected chi connectivity index (χ2v) is 6.69. The van der Waals surface area contributed by atoms with Gasteiger partial charge in [0.1, 0.15) is 6.61 Å². The molecule has 1 aliphatic rings. The Morgan fingerprint density at radius 2 is 2.00 bits per heavy atom. The van der Waals surface area contributed by atoms with Crippen LogP contribution in [0, 0.1) is 6.92 Å². The van der Waals surface area contributed by atoms with Crippen LogP contribution in [-0.2, 0) is 16.1 Å². The largest absolute Gasteiger partial charge is 0.459 e. The zero-order valence-corrected chi connectivity index (χ0v) is 15.4. The molecule has 1 aliphatic heterocycles. The van der Waals surface area contributed by atoms with E-state index in [1.807, 2.05) is 0 Å². The molecule has 0 N–H and O–H groups in total. The van der Waals surface area contributed by atoms with Gasteiger partial charge in [-0.3, -0.25) is 4.98 Å². The first kappa shape index (κ1) is 17.7. The van der Waals surface area contributed by atoms with Crippen molar-refractivity contribution in [1.82, 2.24) is 4.98 Å². The van der Waals surface area contributed by atoms with Gasteiger partial charge in [-0.2, -0.15) is 0 Å². The number of aryl methyl sites for hydroxylation is 1. The number of carbonyl (C=O) groups excluding carboxylic acids is 2. The summed E-state index contributed by atoms with van der Waals surface area (Å²) in [4.78, 5) is 29.3. The van der Waals surface area contributed by atoms with Gasteiger partial charge in [-0.05, 0) is 26.8 Å². The van der Waals surface area contributed by atoms with Gasteiger partial charge in [0.15, 0.2) is 0 Å². The molecular weight excluding hydrogens is 365 g/mol. The lowest BCUT2D eigenvalue weighted by Gasteiger charge is -2.17. The minimum atomic E-state index is -0.575. The summed E-state index contributed by atoms with van der Waals surface area (Å²) in [5.74, 6) is -1.12. The Kier molecular flexibility index (Phi) is 4.71. The second kappa shape index (κ2) is 6.65. The van der Waals surface area contributed by atoms with E-state index in [1.54, 1.807) is 39.0 Å². The zero-order chi connectivity index (χ0) is 18.3. The second-order valence-electron chi connectivity index (χ2n) is 5.90. The highest BCUT2D eigenvalue weighted by molar-refractivity contribution is 6.44. The van der Waals surface area contributed by atoms with E-state index < -0.39 is 11.9 Å². The summed E-state index contributed by atoms with van der Waals surface area (Å²) in [6, 6.07) is 5.02. The standard InChI is InChI=1S/C18H15Cl2NO4/c1-8(2)25-18(23)13-9(3)21-12-7-24-17(22)15(12)14(13)10-5-4-6-11(19)16(10)20/h4-6,8H,7H2,1-3H3. The summed E-state index contributed by atoms with van der Waals surface area (Å²) in [6.45, 7) is 5.23. The predicted octanol–water partition coefficient (Wildman–Crippen LogP) is 4.60. The van der Waals surface area contributed by atoms with Crippen molar-refractivity contribution in [3.63, 3.8) is 0 Å². The average Bonchev–Trinajstić information content (AvgIpc) is 2.89. The average molecular weight is 380 g/mol. The van der Waals surface area contributed by atoms with Crippen molar-refractivity contribution in [1.29, 1.82) is 0 Å². The number of hydrogen-bond donors (Lipinski definition) is 0. The van der Waals surface area contributed by atoms with Crippen molar-refractivity contribution >= 4 is 35.1 Å². The van der Waals surface area contributed by atoms with Crippen LogP contribution in [0.5, 0.6) is 0 Å². The summed E-state index contributed by atoms with van der Waals surface area (Å²) >= 11 is 12.5. The van der Waals surface area contributed by atoms with Gasteiger partial charge in [-0.15, -0.1) is 0 Å². The molecule has 0 unspecified atom stereocenters. The fraction of sp³-hybridized carbons (Fsp3) is 0.278. The number of cyclic esters (lactones) is 1. The Bertz CT molecular complexity index is 893. The number of nitrogens with zero attached hydrogens (tertiary/aromatic N) is 1. The van der Waals surface area contributed by atoms with Crippen LogP contribution in [0.1, 0.15) is 46.0 Å². The normalized spacial score (nSPS) is 13.0. The van der Waals surface area contributed by atoms with Crippen LogP contribution in [0.15, 0.2) is 18.2 Å². The molecule has 130 valence electrons. The maximum atomic E-state index is 12.7. The molecule has 3 rings (SSSR count). The number of rotatable bonds is 3. The molecule has 7 heteroatoms. The number of pyridine rings is 1. The molecule has 0 bridgehead atoms. The van der Waals surface area contributed by atoms with E-state index in [0.29, 0.717) is 27.5 Å². The lowest BCUT2D eigenvalue weighted by Crippen LogP contribution is -2.17. The molecule has 5 nitrogen and oxygen atoms in total. The molecule has 1 aromatic carbocycles. The third-order valence-corrected chi connectivity index (χ3v) is 4.58. The molecule has 0 amide bonds. The van der Waals surface area contributed by atoms with Crippen LogP contribution in [0.2, 0.25) is 10.0 Å². The number of halogens is 2. The van der Waals surface area contributed by atoms with Gasteiger partial charge < -0.3 is 9.47 Å². The van der Waals surface area contributed by atoms with Crippen LogP contribution in [0.25, 0.3) is 11.1 Å². The molecule has 0 saturated heterocycles. The van der Waals surface area contributed by atoms with Crippen LogP contribution in [0.3, 0.4) is 0 Å². The quantitative estimate of drug-likeness (QED) is 0.729. The first-order chi connectivity index (χ1) is 11.8. The fourth-order valence-electron chi connectivity index (χ4n) is 2.78. The zero-order valence-electron chi connectivity index (χ0n) is 13.9. The van der Waals surface area contributed by atoms with Gasteiger partial charge in [0.2, 0.25) is 0 Å². The third-order valence-electron chi connectivity index (χ3n) is 3.76. The van der Waals surface area contributed by atoms with Crippen molar-refractivity contribution in [3.05, 3.63) is 50.8 Å². The Morgan fingerprint density at radius 3 is 2.68 bits per heavy atom. The molecule has 2 heterocycles. The molecule has 0 fully saturated rings. The smallest absolute Gasteiger partial charge is 0.341 e. The maximum Gasteiger partial charge on any atom is 0.341 e. The summed E-state index contributed by atoms with van der Waals surface area (Å²) in [5.41, 5.74) is 2.14. The van der Waals surface area contributed by atoms with Crippen molar-refractivity contribution in [2.75, 3.05) is 0 Å². The Morgan fingerprint density at radius 1 is 1.28 bits per heavy atom. The molecule has 0 saturated carbocycles. The molecule has 0 atom stereocenters. The number of aromatic nitrogens is 1. The van der Waals surface area contributed by atoms with Crippen LogP contribution in [-0.4, -0.2) is 23.0 Å². The molecule has 0 spiro atoms. The van der Waals surface area contributed by atoms with Crippen molar-refractivity contribution in [2.45, 2.75) is 33.5 Å². The number of carbonyl (C=O) groups is 2. The van der Waals surface area contributed by atoms with E-state index in [4.69, 9.17) is 32.7 Å². The van der Waals surface area contributed by atoms with E-state index in [0.717, 1.165) is 0 Å². The van der Waals surface area contributed by atoms with Crippen molar-refractivity contribution in [3.8, 4) is 11.1 Å². The number of esters is 2. The Balaban J connectivity index is 2.36. The van der Waals surface area contributed by atoms with Gasteiger partial charge in [-0.1, -0.05) is 35.3 Å². The van der Waals surface area contributed by atoms with Crippen LogP contribution < -0.4 is 0 Å². The SMILES string of the molecule is Cc1nc2c(c(-c3cccc(Cl)c3Cl)c1C(=O)OC(C)C)C(=O)OC2. The molecule has 25 heavy (non-hydrogen) atoms. The highest BCUT2D eigenvalue weighted by atomic mass is 35.5. The molecular formula is C18H15Cl2NO4. The molecule has 0 radical (unpaired) electrons. The maximum absolute atomic E-state index is 12.7. The summed E-state index contributed by atoms with van der Waals surface area (Å²) in [7, 11) is 0. The van der Waals surface area contributed by atoms with E-state index in [9.17, 15) is 9.59 Å². The lowest BCUT2D eigenvalue weighted by atomic mass is 9.93. The summed E-state index contributed by atoms with van der Waals surface area (Å²) < 4.78 is 10.4. The van der Waals surface area contributed by atoms with Crippen molar-refractivity contribution < 1.29 is 19.1 Å². The number of benzene rings is 1. The highest BCUT2D eigenvalue weighted by Gasteiger charge is 2.34. The molecule has 1 aromatic heterocycles. The third kappa shape index (κ3) is 3.10. The summed E-state index contributed by atoms with van der Waals surface area (Å²) in [5, 5.41) is 0.562. The molecule has 0 aliphatic carbocycles. The first-order valence-corrected chi connectivity index (χ1v) is 8.42. The number of ether oxygens (including phenoxy) is 2. The van der Waals surface area contributed by atoms with E-state index in [1.165, 1.54) is 0 Å². The van der Waals surface area contributed by atoms with E-state index in [2.05, 4.69) is 4.98 Å². The van der Waals surface area contributed by atoms with Gasteiger partial charge in [0.25, 0.3) is 0 Å². The van der Waals surface area contributed by atoms with E-state index in [-0.39, 0.29) is 28.9 Å². The number of hydrogen-bond acceptors (Lipinski definition) is 5. The fourth-order valence-corrected chi connectivity index (χ4v) is 3.18. The van der Waals surface area contributed by atoms with Crippen LogP contribution >= 0.6 is 23.2 Å². The van der Waals surface area contributed by atoms with Gasteiger partial charge in [-0.25, -0.2) is 9.59 Å². The monoisotopic (exact) mass is 379 g/mol. The molecule has 2 aromatic rings. The topological polar surface area (TPSA) is 65.5 Å². The van der Waals surface area contributed by atoms with Gasteiger partial charge in [0, 0.05) is 11.1 Å². The Hall–Kier alpha value is -2.11. The summed E-state index contributed by atoms with van der Waals surface area (Å²) in [6.07, 6.45) is -0.324. The first-order valence-electron chi connectivity index (χ1n) is 7.67. The lowest BCUT2D eigenvalue weighted by molar-refractivity contribution is 0.0377. The van der Waals surface area contributed by atoms with Gasteiger partial charge in [0.05, 0.1) is 38.7 Å². The number of fused-ring (bicyclic) bond motifs is 1. The van der Waals surface area contributed by atoms with Crippen LogP contribution in [0.4, 0.5) is 0 Å². The Labute approximate surface area is 154 Å². The minimum absolute atomic E-state index is 0.0553. The van der Waals surface area contributed by atoms with Gasteiger partial charge >= 0.3 is 11.9 Å². The van der Waals surface area contributed by atoms with E-state index >= 15 is 0 Å². The van der Waals surface area contributed by atoms with Crippen molar-refractivity contribution in [2.24, 2.45) is 0 Å². The minimum Gasteiger partial charge on any atom is -0.459 e. The highest BCUT2D eigenvalue weighted by Crippen LogP contribution is 2.41.